The molecule has 4 rings (SSSR count). The highest BCUT2D eigenvalue weighted by atomic mass is 32.2. The zero-order valence-electron chi connectivity index (χ0n) is 18.2. The lowest BCUT2D eigenvalue weighted by Gasteiger charge is -2.26. The van der Waals surface area contributed by atoms with Gasteiger partial charge in [-0.05, 0) is 36.8 Å². The molecular formula is C22H26N4O5S2. The third-order valence-corrected chi connectivity index (χ3v) is 7.89. The SMILES string of the molecule is CCOc1ccc2nc(SCC(=O)NCc3ccc(S(=O)(=O)N4CCOCC4)cc3)[nH]c2c1. The van der Waals surface area contributed by atoms with Crippen molar-refractivity contribution in [2.75, 3.05) is 38.7 Å². The van der Waals surface area contributed by atoms with Crippen LogP contribution in [0.5, 0.6) is 5.75 Å². The number of imidazole rings is 1. The number of nitrogens with one attached hydrogen (secondary N) is 2. The smallest absolute Gasteiger partial charge is 0.243 e. The molecule has 0 atom stereocenters. The number of benzene rings is 2. The largest absolute Gasteiger partial charge is 0.494 e. The van der Waals surface area contributed by atoms with Crippen molar-refractivity contribution in [1.82, 2.24) is 19.6 Å². The second-order valence-corrected chi connectivity index (χ2v) is 10.3. The number of aromatic amines is 1. The lowest BCUT2D eigenvalue weighted by molar-refractivity contribution is -0.118. The monoisotopic (exact) mass is 490 g/mol. The van der Waals surface area contributed by atoms with Crippen molar-refractivity contribution in [3.05, 3.63) is 48.0 Å². The maximum Gasteiger partial charge on any atom is 0.243 e. The van der Waals surface area contributed by atoms with Gasteiger partial charge in [0.15, 0.2) is 5.16 Å². The maximum atomic E-state index is 12.7. The van der Waals surface area contributed by atoms with E-state index < -0.39 is 10.0 Å². The minimum atomic E-state index is -3.52. The van der Waals surface area contributed by atoms with Crippen molar-refractivity contribution < 1.29 is 22.7 Å². The first-order chi connectivity index (χ1) is 16.0. The lowest BCUT2D eigenvalue weighted by atomic mass is 10.2. The number of thioether (sulfide) groups is 1. The number of hydrogen-bond donors (Lipinski definition) is 2. The van der Waals surface area contributed by atoms with E-state index in [-0.39, 0.29) is 16.6 Å². The molecule has 33 heavy (non-hydrogen) atoms. The minimum Gasteiger partial charge on any atom is -0.494 e. The summed E-state index contributed by atoms with van der Waals surface area (Å²) >= 11 is 1.32. The summed E-state index contributed by atoms with van der Waals surface area (Å²) < 4.78 is 37.5. The first kappa shape index (κ1) is 23.6. The Morgan fingerprint density at radius 2 is 1.97 bits per heavy atom. The second-order valence-electron chi connectivity index (χ2n) is 7.38. The number of ether oxygens (including phenoxy) is 2. The number of morpholine rings is 1. The van der Waals surface area contributed by atoms with Crippen LogP contribution in [0.3, 0.4) is 0 Å². The van der Waals surface area contributed by atoms with Gasteiger partial charge in [-0.2, -0.15) is 4.31 Å². The van der Waals surface area contributed by atoms with Gasteiger partial charge in [0.05, 0.1) is 41.5 Å². The number of rotatable bonds is 9. The van der Waals surface area contributed by atoms with Crippen molar-refractivity contribution in [1.29, 1.82) is 0 Å². The average molecular weight is 491 g/mol. The molecule has 176 valence electrons. The molecule has 2 heterocycles. The van der Waals surface area contributed by atoms with E-state index in [1.807, 2.05) is 25.1 Å². The molecule has 11 heteroatoms. The predicted octanol–water partition coefficient (Wildman–Crippen LogP) is 2.39. The number of H-pyrrole nitrogens is 1. The standard InChI is InChI=1S/C22H26N4O5S2/c1-2-31-17-5-8-19-20(13-17)25-22(24-19)32-15-21(27)23-14-16-3-6-18(7-4-16)33(28,29)26-9-11-30-12-10-26/h3-8,13H,2,9-12,14-15H2,1H3,(H,23,27)(H,24,25). The van der Waals surface area contributed by atoms with Crippen LogP contribution in [0.25, 0.3) is 11.0 Å². The van der Waals surface area contributed by atoms with Gasteiger partial charge in [0.2, 0.25) is 15.9 Å². The van der Waals surface area contributed by atoms with Crippen LogP contribution in [-0.2, 0) is 26.1 Å². The Hall–Kier alpha value is -2.60. The zero-order valence-corrected chi connectivity index (χ0v) is 19.9. The molecule has 1 saturated heterocycles. The van der Waals surface area contributed by atoms with Crippen LogP contribution in [-0.4, -0.2) is 67.3 Å². The van der Waals surface area contributed by atoms with Gasteiger partial charge in [-0.3, -0.25) is 4.79 Å². The number of carbonyl (C=O) groups excluding carboxylic acids is 1. The zero-order chi connectivity index (χ0) is 23.3. The van der Waals surface area contributed by atoms with Crippen LogP contribution in [0.1, 0.15) is 12.5 Å². The molecular weight excluding hydrogens is 464 g/mol. The number of sulfonamides is 1. The fraction of sp³-hybridized carbons (Fsp3) is 0.364. The van der Waals surface area contributed by atoms with Crippen molar-refractivity contribution in [2.24, 2.45) is 0 Å². The Balaban J connectivity index is 1.28. The summed E-state index contributed by atoms with van der Waals surface area (Å²) in [7, 11) is -3.52. The first-order valence-electron chi connectivity index (χ1n) is 10.6. The van der Waals surface area contributed by atoms with Gasteiger partial charge in [-0.15, -0.1) is 0 Å². The summed E-state index contributed by atoms with van der Waals surface area (Å²) in [6.07, 6.45) is 0. The van der Waals surface area contributed by atoms with E-state index in [4.69, 9.17) is 9.47 Å². The highest BCUT2D eigenvalue weighted by Crippen LogP contribution is 2.23. The highest BCUT2D eigenvalue weighted by molar-refractivity contribution is 7.99. The third kappa shape index (κ3) is 5.85. The molecule has 2 N–H and O–H groups in total. The van der Waals surface area contributed by atoms with Gasteiger partial charge in [0.25, 0.3) is 0 Å². The molecule has 2 aromatic carbocycles. The fourth-order valence-electron chi connectivity index (χ4n) is 3.39. The third-order valence-electron chi connectivity index (χ3n) is 5.10. The summed E-state index contributed by atoms with van der Waals surface area (Å²) in [4.78, 5) is 20.2. The topological polar surface area (TPSA) is 114 Å². The Kier molecular flexibility index (Phi) is 7.53. The molecule has 0 saturated carbocycles. The van der Waals surface area contributed by atoms with Crippen LogP contribution in [0.4, 0.5) is 0 Å². The number of carbonyl (C=O) groups is 1. The maximum absolute atomic E-state index is 12.7. The van der Waals surface area contributed by atoms with E-state index in [1.54, 1.807) is 24.3 Å². The number of hydrogen-bond acceptors (Lipinski definition) is 7. The predicted molar refractivity (Wildman–Crippen MR) is 126 cm³/mol. The van der Waals surface area contributed by atoms with E-state index in [0.717, 1.165) is 22.3 Å². The van der Waals surface area contributed by atoms with Gasteiger partial charge in [0, 0.05) is 25.7 Å². The van der Waals surface area contributed by atoms with Crippen LogP contribution < -0.4 is 10.1 Å². The highest BCUT2D eigenvalue weighted by Gasteiger charge is 2.26. The van der Waals surface area contributed by atoms with Crippen molar-refractivity contribution in [3.8, 4) is 5.75 Å². The molecule has 9 nitrogen and oxygen atoms in total. The van der Waals surface area contributed by atoms with Crippen LogP contribution in [0.15, 0.2) is 52.5 Å². The molecule has 0 radical (unpaired) electrons. The summed E-state index contributed by atoms with van der Waals surface area (Å²) in [6, 6.07) is 12.2. The summed E-state index contributed by atoms with van der Waals surface area (Å²) in [6.45, 7) is 4.36. The average Bonchev–Trinajstić information content (AvgIpc) is 3.25. The summed E-state index contributed by atoms with van der Waals surface area (Å²) in [5.74, 6) is 0.842. The van der Waals surface area contributed by atoms with E-state index in [1.165, 1.54) is 16.1 Å². The van der Waals surface area contributed by atoms with E-state index in [9.17, 15) is 13.2 Å². The van der Waals surface area contributed by atoms with Crippen LogP contribution in [0, 0.1) is 0 Å². The molecule has 3 aromatic rings. The van der Waals surface area contributed by atoms with Gasteiger partial charge < -0.3 is 19.8 Å². The number of nitrogens with zero attached hydrogens (tertiary/aromatic N) is 2. The number of fused-ring (bicyclic) bond motifs is 1. The Morgan fingerprint density at radius 1 is 1.21 bits per heavy atom. The summed E-state index contributed by atoms with van der Waals surface area (Å²) in [5.41, 5.74) is 2.49. The van der Waals surface area contributed by atoms with Gasteiger partial charge in [0.1, 0.15) is 5.75 Å². The van der Waals surface area contributed by atoms with Gasteiger partial charge in [-0.25, -0.2) is 13.4 Å². The van der Waals surface area contributed by atoms with E-state index in [2.05, 4.69) is 15.3 Å². The molecule has 0 spiro atoms. The second kappa shape index (κ2) is 10.6. The molecule has 1 fully saturated rings. The van der Waals surface area contributed by atoms with Gasteiger partial charge >= 0.3 is 0 Å². The number of amides is 1. The van der Waals surface area contributed by atoms with Crippen molar-refractivity contribution in [3.63, 3.8) is 0 Å². The van der Waals surface area contributed by atoms with Crippen molar-refractivity contribution >= 4 is 38.7 Å². The fourth-order valence-corrected chi connectivity index (χ4v) is 5.51. The molecule has 0 aliphatic carbocycles. The summed E-state index contributed by atoms with van der Waals surface area (Å²) in [5, 5.41) is 3.51. The Labute approximate surface area is 196 Å². The van der Waals surface area contributed by atoms with E-state index >= 15 is 0 Å². The molecule has 1 aliphatic rings. The Morgan fingerprint density at radius 3 is 2.70 bits per heavy atom. The number of aromatic nitrogens is 2. The minimum absolute atomic E-state index is 0.138. The molecule has 1 amide bonds. The normalized spacial score (nSPS) is 14.9. The molecule has 1 aliphatic heterocycles. The molecule has 0 unspecified atom stereocenters. The Bertz CT molecular complexity index is 1210. The lowest BCUT2D eigenvalue weighted by Crippen LogP contribution is -2.40. The molecule has 0 bridgehead atoms. The molecule has 1 aromatic heterocycles. The van der Waals surface area contributed by atoms with Crippen molar-refractivity contribution in [2.45, 2.75) is 23.5 Å². The quantitative estimate of drug-likeness (QED) is 0.443. The van der Waals surface area contributed by atoms with E-state index in [0.29, 0.717) is 44.6 Å². The van der Waals surface area contributed by atoms with Crippen LogP contribution in [0.2, 0.25) is 0 Å². The van der Waals surface area contributed by atoms with Crippen LogP contribution >= 0.6 is 11.8 Å². The first-order valence-corrected chi connectivity index (χ1v) is 13.1. The van der Waals surface area contributed by atoms with Gasteiger partial charge in [-0.1, -0.05) is 23.9 Å².